The van der Waals surface area contributed by atoms with E-state index in [2.05, 4.69) is 6.92 Å². The standard InChI is InChI=1S/C13H19ClN2O/c1-4-12(13(15)17)16(3)9(2)10-5-7-11(14)8-6-10/h5-9,12H,4H2,1-3H3,(H2,15,17). The van der Waals surface area contributed by atoms with Gasteiger partial charge >= 0.3 is 0 Å². The summed E-state index contributed by atoms with van der Waals surface area (Å²) in [6.45, 7) is 4.01. The van der Waals surface area contributed by atoms with Crippen LogP contribution in [0.5, 0.6) is 0 Å². The Balaban J connectivity index is 2.84. The molecule has 2 N–H and O–H groups in total. The maximum atomic E-state index is 11.3. The van der Waals surface area contributed by atoms with Crippen LogP contribution in [0.2, 0.25) is 5.02 Å². The summed E-state index contributed by atoms with van der Waals surface area (Å²) in [6, 6.07) is 7.54. The fourth-order valence-corrected chi connectivity index (χ4v) is 2.06. The topological polar surface area (TPSA) is 46.3 Å². The van der Waals surface area contributed by atoms with Gasteiger partial charge in [-0.15, -0.1) is 0 Å². The quantitative estimate of drug-likeness (QED) is 0.878. The van der Waals surface area contributed by atoms with E-state index >= 15 is 0 Å². The normalized spacial score (nSPS) is 14.6. The van der Waals surface area contributed by atoms with E-state index in [1.807, 2.05) is 43.1 Å². The van der Waals surface area contributed by atoms with Crippen molar-refractivity contribution in [3.8, 4) is 0 Å². The first-order chi connectivity index (χ1) is 7.97. The fourth-order valence-electron chi connectivity index (χ4n) is 1.94. The number of rotatable bonds is 5. The van der Waals surface area contributed by atoms with Crippen LogP contribution < -0.4 is 5.73 Å². The van der Waals surface area contributed by atoms with Crippen LogP contribution in [0.4, 0.5) is 0 Å². The highest BCUT2D eigenvalue weighted by Crippen LogP contribution is 2.23. The number of nitrogens with two attached hydrogens (primary N) is 1. The molecule has 0 spiro atoms. The van der Waals surface area contributed by atoms with Crippen LogP contribution in [0.25, 0.3) is 0 Å². The molecule has 0 aliphatic carbocycles. The highest BCUT2D eigenvalue weighted by molar-refractivity contribution is 6.30. The largest absolute Gasteiger partial charge is 0.368 e. The van der Waals surface area contributed by atoms with E-state index in [4.69, 9.17) is 17.3 Å². The smallest absolute Gasteiger partial charge is 0.234 e. The second-order valence-corrected chi connectivity index (χ2v) is 4.66. The molecular weight excluding hydrogens is 236 g/mol. The number of benzene rings is 1. The van der Waals surface area contributed by atoms with Crippen molar-refractivity contribution in [3.05, 3.63) is 34.9 Å². The van der Waals surface area contributed by atoms with Crippen LogP contribution in [0.1, 0.15) is 31.9 Å². The third-order valence-corrected chi connectivity index (χ3v) is 3.42. The predicted molar refractivity (Wildman–Crippen MR) is 70.9 cm³/mol. The molecule has 2 atom stereocenters. The van der Waals surface area contributed by atoms with E-state index in [-0.39, 0.29) is 18.0 Å². The van der Waals surface area contributed by atoms with E-state index in [9.17, 15) is 4.79 Å². The van der Waals surface area contributed by atoms with Gasteiger partial charge in [-0.05, 0) is 38.1 Å². The SMILES string of the molecule is CCC(C(N)=O)N(C)C(C)c1ccc(Cl)cc1. The number of halogens is 1. The molecule has 0 heterocycles. The first-order valence-electron chi connectivity index (χ1n) is 5.74. The second-order valence-electron chi connectivity index (χ2n) is 4.22. The molecule has 0 aliphatic rings. The van der Waals surface area contributed by atoms with Gasteiger partial charge in [0.1, 0.15) is 0 Å². The highest BCUT2D eigenvalue weighted by atomic mass is 35.5. The van der Waals surface area contributed by atoms with Gasteiger partial charge in [0.05, 0.1) is 6.04 Å². The number of hydrogen-bond donors (Lipinski definition) is 1. The lowest BCUT2D eigenvalue weighted by Crippen LogP contribution is -2.43. The van der Waals surface area contributed by atoms with Crippen LogP contribution in [0, 0.1) is 0 Å². The number of nitrogens with zero attached hydrogens (tertiary/aromatic N) is 1. The Kier molecular flexibility index (Phi) is 4.97. The molecule has 17 heavy (non-hydrogen) atoms. The van der Waals surface area contributed by atoms with Crippen molar-refractivity contribution < 1.29 is 4.79 Å². The summed E-state index contributed by atoms with van der Waals surface area (Å²) in [4.78, 5) is 13.3. The van der Waals surface area contributed by atoms with Gasteiger partial charge in [-0.3, -0.25) is 9.69 Å². The second kappa shape index (κ2) is 6.03. The molecule has 94 valence electrons. The molecule has 0 aliphatic heterocycles. The summed E-state index contributed by atoms with van der Waals surface area (Å²) in [6.07, 6.45) is 0.712. The Labute approximate surface area is 108 Å². The summed E-state index contributed by atoms with van der Waals surface area (Å²) >= 11 is 5.85. The number of amides is 1. The minimum Gasteiger partial charge on any atom is -0.368 e. The van der Waals surface area contributed by atoms with Crippen molar-refractivity contribution in [1.82, 2.24) is 4.90 Å². The maximum Gasteiger partial charge on any atom is 0.234 e. The Morgan fingerprint density at radius 3 is 2.35 bits per heavy atom. The number of primary amides is 1. The van der Waals surface area contributed by atoms with E-state index in [1.165, 1.54) is 0 Å². The summed E-state index contributed by atoms with van der Waals surface area (Å²) < 4.78 is 0. The van der Waals surface area contributed by atoms with Crippen molar-refractivity contribution in [2.75, 3.05) is 7.05 Å². The van der Waals surface area contributed by atoms with E-state index in [0.29, 0.717) is 11.4 Å². The lowest BCUT2D eigenvalue weighted by Gasteiger charge is -2.30. The molecular formula is C13H19ClN2O. The molecule has 3 nitrogen and oxygen atoms in total. The molecule has 0 radical (unpaired) electrons. The minimum atomic E-state index is -0.282. The molecule has 0 aromatic heterocycles. The monoisotopic (exact) mass is 254 g/mol. The number of carbonyl (C=O) groups excluding carboxylic acids is 1. The zero-order chi connectivity index (χ0) is 13.0. The van der Waals surface area contributed by atoms with Crippen molar-refractivity contribution in [2.45, 2.75) is 32.4 Å². The fraction of sp³-hybridized carbons (Fsp3) is 0.462. The average Bonchev–Trinajstić information content (AvgIpc) is 2.29. The Hall–Kier alpha value is -1.06. The van der Waals surface area contributed by atoms with Gasteiger partial charge in [-0.1, -0.05) is 30.7 Å². The third-order valence-electron chi connectivity index (χ3n) is 3.17. The van der Waals surface area contributed by atoms with Crippen LogP contribution in [-0.4, -0.2) is 23.9 Å². The van der Waals surface area contributed by atoms with Gasteiger partial charge in [-0.2, -0.15) is 0 Å². The minimum absolute atomic E-state index is 0.129. The predicted octanol–water partition coefficient (Wildman–Crippen LogP) is 2.60. The lowest BCUT2D eigenvalue weighted by molar-refractivity contribution is -0.123. The Bertz CT molecular complexity index is 378. The molecule has 0 bridgehead atoms. The van der Waals surface area contributed by atoms with Gasteiger partial charge in [0.2, 0.25) is 5.91 Å². The first kappa shape index (κ1) is 14.0. The van der Waals surface area contributed by atoms with Crippen LogP contribution in [0.3, 0.4) is 0 Å². The molecule has 2 unspecified atom stereocenters. The van der Waals surface area contributed by atoms with E-state index in [1.54, 1.807) is 0 Å². The summed E-state index contributed by atoms with van der Waals surface area (Å²) in [5.41, 5.74) is 6.51. The lowest BCUT2D eigenvalue weighted by atomic mass is 10.0. The highest BCUT2D eigenvalue weighted by Gasteiger charge is 2.23. The summed E-state index contributed by atoms with van der Waals surface area (Å²) in [5, 5.41) is 0.713. The maximum absolute atomic E-state index is 11.3. The molecule has 0 saturated carbocycles. The number of likely N-dealkylation sites (N-methyl/N-ethyl adjacent to an activating group) is 1. The van der Waals surface area contributed by atoms with Crippen molar-refractivity contribution in [1.29, 1.82) is 0 Å². The van der Waals surface area contributed by atoms with E-state index < -0.39 is 0 Å². The molecule has 0 saturated heterocycles. The van der Waals surface area contributed by atoms with Crippen LogP contribution in [0.15, 0.2) is 24.3 Å². The Morgan fingerprint density at radius 1 is 1.41 bits per heavy atom. The average molecular weight is 255 g/mol. The summed E-state index contributed by atoms with van der Waals surface area (Å²) in [5.74, 6) is -0.282. The van der Waals surface area contributed by atoms with E-state index in [0.717, 1.165) is 5.56 Å². The Morgan fingerprint density at radius 2 is 1.94 bits per heavy atom. The van der Waals surface area contributed by atoms with Gasteiger partial charge in [0.25, 0.3) is 0 Å². The molecule has 1 aromatic carbocycles. The zero-order valence-electron chi connectivity index (χ0n) is 10.5. The van der Waals surface area contributed by atoms with Crippen molar-refractivity contribution >= 4 is 17.5 Å². The van der Waals surface area contributed by atoms with Gasteiger partial charge in [-0.25, -0.2) is 0 Å². The van der Waals surface area contributed by atoms with Crippen LogP contribution >= 0.6 is 11.6 Å². The van der Waals surface area contributed by atoms with Gasteiger partial charge in [0, 0.05) is 11.1 Å². The zero-order valence-corrected chi connectivity index (χ0v) is 11.2. The van der Waals surface area contributed by atoms with Gasteiger partial charge in [0.15, 0.2) is 0 Å². The molecule has 0 fully saturated rings. The van der Waals surface area contributed by atoms with Gasteiger partial charge < -0.3 is 5.73 Å². The number of hydrogen-bond acceptors (Lipinski definition) is 2. The number of carbonyl (C=O) groups is 1. The first-order valence-corrected chi connectivity index (χ1v) is 6.11. The molecule has 1 rings (SSSR count). The van der Waals surface area contributed by atoms with Crippen LogP contribution in [-0.2, 0) is 4.79 Å². The van der Waals surface area contributed by atoms with Crippen molar-refractivity contribution in [3.63, 3.8) is 0 Å². The molecule has 4 heteroatoms. The molecule has 1 aromatic rings. The summed E-state index contributed by atoms with van der Waals surface area (Å²) in [7, 11) is 1.91. The third kappa shape index (κ3) is 3.45. The van der Waals surface area contributed by atoms with Crippen molar-refractivity contribution in [2.24, 2.45) is 5.73 Å². The molecule has 1 amide bonds.